The normalized spacial score (nSPS) is 21.7. The number of benzene rings is 2. The third-order valence-corrected chi connectivity index (χ3v) is 10.8. The molecular formula is C41H56ClN5O8. The summed E-state index contributed by atoms with van der Waals surface area (Å²) < 4.78 is 17.8. The molecule has 1 saturated carbocycles. The fourth-order valence-electron chi connectivity index (χ4n) is 7.84. The molecule has 4 amide bonds. The molecule has 0 aromatic heterocycles. The van der Waals surface area contributed by atoms with Gasteiger partial charge in [0.25, 0.3) is 5.91 Å². The number of carbonyl (C=O) groups is 4. The molecule has 4 rings (SSSR count). The Bertz CT molecular complexity index is 1720. The van der Waals surface area contributed by atoms with Crippen molar-refractivity contribution in [3.05, 3.63) is 58.6 Å². The van der Waals surface area contributed by atoms with Gasteiger partial charge in [0.1, 0.15) is 42.4 Å². The molecule has 4 N–H and O–H groups in total. The molecule has 1 aliphatic heterocycles. The first kappa shape index (κ1) is 43.3. The summed E-state index contributed by atoms with van der Waals surface area (Å²) in [5.41, 5.74) is -0.501. The number of likely N-dealkylation sites (N-methyl/N-ethyl adjacent to an activating group) is 1. The van der Waals surface area contributed by atoms with Gasteiger partial charge in [0.05, 0.1) is 23.3 Å². The summed E-state index contributed by atoms with van der Waals surface area (Å²) in [5, 5.41) is 28.1. The molecule has 14 heteroatoms. The summed E-state index contributed by atoms with van der Waals surface area (Å²) in [6, 6.07) is 12.2. The molecule has 300 valence electrons. The highest BCUT2D eigenvalue weighted by Gasteiger charge is 2.64. The van der Waals surface area contributed by atoms with Crippen LogP contribution in [0.3, 0.4) is 0 Å². The lowest BCUT2D eigenvalue weighted by molar-refractivity contribution is -0.164. The van der Waals surface area contributed by atoms with E-state index in [0.29, 0.717) is 47.3 Å². The Morgan fingerprint density at radius 2 is 1.64 bits per heavy atom. The Labute approximate surface area is 329 Å². The summed E-state index contributed by atoms with van der Waals surface area (Å²) in [5.74, 6) is -0.174. The number of hydrogen-bond acceptors (Lipinski definition) is 9. The lowest BCUT2D eigenvalue weighted by Crippen LogP contribution is -2.74. The van der Waals surface area contributed by atoms with Gasteiger partial charge < -0.3 is 40.2 Å². The van der Waals surface area contributed by atoms with E-state index in [-0.39, 0.29) is 54.4 Å². The van der Waals surface area contributed by atoms with Crippen LogP contribution < -0.4 is 25.4 Å². The smallest absolute Gasteiger partial charge is 0.251 e. The zero-order valence-corrected chi connectivity index (χ0v) is 33.9. The largest absolute Gasteiger partial charge is 0.494 e. The topological polar surface area (TPSA) is 179 Å². The van der Waals surface area contributed by atoms with Crippen molar-refractivity contribution in [2.75, 3.05) is 33.4 Å². The second-order valence-electron chi connectivity index (χ2n) is 16.7. The number of carbonyl (C=O) groups excluding carboxylic acids is 4. The van der Waals surface area contributed by atoms with Gasteiger partial charge in [-0.1, -0.05) is 60.1 Å². The van der Waals surface area contributed by atoms with E-state index in [1.807, 2.05) is 20.8 Å². The fourth-order valence-corrected chi connectivity index (χ4v) is 8.05. The number of hydrogen-bond donors (Lipinski definition) is 4. The van der Waals surface area contributed by atoms with Crippen molar-refractivity contribution in [1.82, 2.24) is 20.9 Å². The Kier molecular flexibility index (Phi) is 14.2. The Hall–Kier alpha value is -4.38. The number of halogens is 1. The van der Waals surface area contributed by atoms with Crippen molar-refractivity contribution in [2.45, 2.75) is 104 Å². The molecular weight excluding hydrogens is 726 g/mol. The number of β-amino-alcohol motifs (C(OH)–C–C–N with tert-alkyl or cyclic N) is 1. The van der Waals surface area contributed by atoms with Crippen LogP contribution in [0.15, 0.2) is 42.5 Å². The van der Waals surface area contributed by atoms with Crippen molar-refractivity contribution >= 4 is 35.2 Å². The number of rotatable bonds is 16. The Morgan fingerprint density at radius 1 is 1.00 bits per heavy atom. The number of amides is 4. The maximum Gasteiger partial charge on any atom is 0.251 e. The van der Waals surface area contributed by atoms with Crippen LogP contribution in [0.1, 0.15) is 90.1 Å². The van der Waals surface area contributed by atoms with Crippen molar-refractivity contribution in [2.24, 2.45) is 16.2 Å². The second kappa shape index (κ2) is 18.0. The van der Waals surface area contributed by atoms with E-state index in [1.165, 1.54) is 11.9 Å². The molecule has 2 fully saturated rings. The quantitative estimate of drug-likeness (QED) is 0.177. The number of nitrogens with zero attached hydrogens (tertiary/aromatic N) is 2. The monoisotopic (exact) mass is 781 g/mol. The molecule has 55 heavy (non-hydrogen) atoms. The van der Waals surface area contributed by atoms with Crippen LogP contribution in [-0.4, -0.2) is 97.4 Å². The molecule has 0 radical (unpaired) electrons. The van der Waals surface area contributed by atoms with E-state index in [4.69, 9.17) is 31.1 Å². The standard InChI is InChI=1S/C41H56ClN5O8/c1-39(2,3)33(36(52)47-23-27(48)20-31(47)35(51)44-8)45-32(49)24-53-18-10-9-11-19-54-28-15-12-25(13-16-28)34(50)46-37-40(4,5)38(41(37,6)7)55-29-17-14-26(22-43)30(42)21-29/h12-17,21,27,31,33,37-38,48H,9-11,18-20,23-24H2,1-8H3,(H,44,51)(H,45,49)(H,46,50)/t27-,31+,33?,37?,38?/m1/s1. The van der Waals surface area contributed by atoms with Gasteiger partial charge >= 0.3 is 0 Å². The van der Waals surface area contributed by atoms with Crippen molar-refractivity contribution in [3.8, 4) is 17.6 Å². The summed E-state index contributed by atoms with van der Waals surface area (Å²) in [7, 11) is 1.48. The maximum absolute atomic E-state index is 13.4. The minimum absolute atomic E-state index is 0.0258. The first-order valence-electron chi connectivity index (χ1n) is 18.8. The third-order valence-electron chi connectivity index (χ3n) is 10.5. The molecule has 2 aromatic carbocycles. The summed E-state index contributed by atoms with van der Waals surface area (Å²) in [6.45, 7) is 14.3. The Balaban J connectivity index is 1.14. The first-order valence-corrected chi connectivity index (χ1v) is 19.2. The number of aliphatic hydroxyl groups excluding tert-OH is 1. The summed E-state index contributed by atoms with van der Waals surface area (Å²) >= 11 is 6.21. The van der Waals surface area contributed by atoms with Crippen LogP contribution in [0.4, 0.5) is 0 Å². The van der Waals surface area contributed by atoms with E-state index in [9.17, 15) is 24.3 Å². The highest BCUT2D eigenvalue weighted by Crippen LogP contribution is 2.55. The molecule has 2 aliphatic rings. The molecule has 3 atom stereocenters. The van der Waals surface area contributed by atoms with E-state index >= 15 is 0 Å². The highest BCUT2D eigenvalue weighted by molar-refractivity contribution is 6.31. The van der Waals surface area contributed by atoms with Gasteiger partial charge in [-0.2, -0.15) is 5.26 Å². The predicted molar refractivity (Wildman–Crippen MR) is 208 cm³/mol. The molecule has 1 heterocycles. The number of nitrogens with one attached hydrogen (secondary N) is 3. The van der Waals surface area contributed by atoms with Crippen LogP contribution in [0, 0.1) is 27.6 Å². The molecule has 1 aliphatic carbocycles. The molecule has 2 aromatic rings. The lowest BCUT2D eigenvalue weighted by Gasteiger charge is -2.63. The molecule has 13 nitrogen and oxygen atoms in total. The van der Waals surface area contributed by atoms with Gasteiger partial charge in [-0.05, 0) is 61.1 Å². The molecule has 0 spiro atoms. The zero-order chi connectivity index (χ0) is 40.7. The van der Waals surface area contributed by atoms with Gasteiger partial charge in [0.2, 0.25) is 17.7 Å². The van der Waals surface area contributed by atoms with Gasteiger partial charge in [0, 0.05) is 55.1 Å². The zero-order valence-electron chi connectivity index (χ0n) is 33.2. The van der Waals surface area contributed by atoms with Crippen LogP contribution in [0.5, 0.6) is 11.5 Å². The number of likely N-dealkylation sites (tertiary alicyclic amines) is 1. The van der Waals surface area contributed by atoms with Crippen molar-refractivity contribution in [1.29, 1.82) is 5.26 Å². The van der Waals surface area contributed by atoms with Gasteiger partial charge in [-0.15, -0.1) is 0 Å². The van der Waals surface area contributed by atoms with Crippen LogP contribution in [-0.2, 0) is 19.1 Å². The van der Waals surface area contributed by atoms with E-state index in [0.717, 1.165) is 12.8 Å². The van der Waals surface area contributed by atoms with E-state index in [2.05, 4.69) is 49.7 Å². The summed E-state index contributed by atoms with van der Waals surface area (Å²) in [6.07, 6.45) is 1.40. The van der Waals surface area contributed by atoms with Crippen molar-refractivity contribution in [3.63, 3.8) is 0 Å². The van der Waals surface area contributed by atoms with Crippen LogP contribution >= 0.6 is 11.6 Å². The second-order valence-corrected chi connectivity index (χ2v) is 17.1. The minimum atomic E-state index is -0.903. The van der Waals surface area contributed by atoms with Gasteiger partial charge in [-0.3, -0.25) is 19.2 Å². The molecule has 1 saturated heterocycles. The van der Waals surface area contributed by atoms with Gasteiger partial charge in [0.15, 0.2) is 0 Å². The lowest BCUT2D eigenvalue weighted by atomic mass is 9.49. The fraction of sp³-hybridized carbons (Fsp3) is 0.585. The molecule has 0 bridgehead atoms. The highest BCUT2D eigenvalue weighted by atomic mass is 35.5. The maximum atomic E-state index is 13.4. The predicted octanol–water partition coefficient (Wildman–Crippen LogP) is 4.63. The Morgan fingerprint density at radius 3 is 2.24 bits per heavy atom. The average molecular weight is 782 g/mol. The SMILES string of the molecule is CNC(=O)[C@@H]1C[C@@H](O)CN1C(=O)C(NC(=O)COCCCCCOc1ccc(C(=O)NC2C(C)(C)C(Oc3ccc(C#N)c(Cl)c3)C2(C)C)cc1)C(C)(C)C. The van der Waals surface area contributed by atoms with Crippen LogP contribution in [0.25, 0.3) is 0 Å². The van der Waals surface area contributed by atoms with E-state index in [1.54, 1.807) is 42.5 Å². The summed E-state index contributed by atoms with van der Waals surface area (Å²) in [4.78, 5) is 53.1. The average Bonchev–Trinajstić information content (AvgIpc) is 3.53. The third kappa shape index (κ3) is 10.5. The van der Waals surface area contributed by atoms with Gasteiger partial charge in [-0.25, -0.2) is 0 Å². The number of aliphatic hydroxyl groups is 1. The van der Waals surface area contributed by atoms with Crippen LogP contribution in [0.2, 0.25) is 5.02 Å². The first-order chi connectivity index (χ1) is 25.8. The molecule has 1 unspecified atom stereocenters. The number of nitriles is 1. The minimum Gasteiger partial charge on any atom is -0.494 e. The number of ether oxygens (including phenoxy) is 3. The van der Waals surface area contributed by atoms with Crippen molar-refractivity contribution < 1.29 is 38.5 Å². The number of unbranched alkanes of at least 4 members (excludes halogenated alkanes) is 2. The van der Waals surface area contributed by atoms with E-state index < -0.39 is 35.4 Å².